The third-order valence-corrected chi connectivity index (χ3v) is 3.63. The van der Waals surface area contributed by atoms with E-state index in [0.717, 1.165) is 28.9 Å². The van der Waals surface area contributed by atoms with Crippen LogP contribution in [0.3, 0.4) is 0 Å². The molecular weight excluding hydrogens is 286 g/mol. The van der Waals surface area contributed by atoms with E-state index in [2.05, 4.69) is 24.1 Å². The Labute approximate surface area is 138 Å². The number of hydrogen-bond acceptors (Lipinski definition) is 3. The number of likely N-dealkylation sites (N-methyl/N-ethyl adjacent to an activating group) is 1. The summed E-state index contributed by atoms with van der Waals surface area (Å²) >= 11 is 0. The van der Waals surface area contributed by atoms with Crippen molar-refractivity contribution >= 4 is 11.6 Å². The van der Waals surface area contributed by atoms with E-state index in [9.17, 15) is 4.79 Å². The highest BCUT2D eigenvalue weighted by Gasteiger charge is 2.16. The average Bonchev–Trinajstić information content (AvgIpc) is 2.54. The van der Waals surface area contributed by atoms with Crippen LogP contribution in [0.4, 0.5) is 5.69 Å². The fourth-order valence-electron chi connectivity index (χ4n) is 2.41. The number of aromatic nitrogens is 1. The zero-order chi connectivity index (χ0) is 16.8. The molecule has 4 heteroatoms. The van der Waals surface area contributed by atoms with E-state index in [-0.39, 0.29) is 11.9 Å². The number of anilines is 1. The number of amides is 1. The molecule has 0 atom stereocenters. The van der Waals surface area contributed by atoms with Crippen molar-refractivity contribution in [3.05, 3.63) is 59.4 Å². The van der Waals surface area contributed by atoms with Gasteiger partial charge in [0.25, 0.3) is 5.91 Å². The van der Waals surface area contributed by atoms with E-state index in [4.69, 9.17) is 0 Å². The molecule has 0 fully saturated rings. The van der Waals surface area contributed by atoms with Gasteiger partial charge in [0.05, 0.1) is 5.56 Å². The van der Waals surface area contributed by atoms with Crippen LogP contribution in [0.5, 0.6) is 0 Å². The molecule has 23 heavy (non-hydrogen) atoms. The number of benzene rings is 1. The van der Waals surface area contributed by atoms with Gasteiger partial charge in [0.2, 0.25) is 0 Å². The first-order chi connectivity index (χ1) is 11.0. The monoisotopic (exact) mass is 311 g/mol. The fourth-order valence-corrected chi connectivity index (χ4v) is 2.41. The van der Waals surface area contributed by atoms with Gasteiger partial charge in [0.1, 0.15) is 0 Å². The summed E-state index contributed by atoms with van der Waals surface area (Å²) in [4.78, 5) is 18.8. The Kier molecular flexibility index (Phi) is 5.74. The van der Waals surface area contributed by atoms with Gasteiger partial charge in [-0.05, 0) is 45.0 Å². The van der Waals surface area contributed by atoms with Gasteiger partial charge >= 0.3 is 0 Å². The van der Waals surface area contributed by atoms with Gasteiger partial charge in [-0.15, -0.1) is 0 Å². The van der Waals surface area contributed by atoms with Crippen molar-refractivity contribution in [1.82, 2.24) is 9.88 Å². The average molecular weight is 311 g/mol. The van der Waals surface area contributed by atoms with Crippen molar-refractivity contribution in [2.24, 2.45) is 0 Å². The topological polar surface area (TPSA) is 45.2 Å². The van der Waals surface area contributed by atoms with Crippen LogP contribution in [-0.2, 0) is 6.42 Å². The van der Waals surface area contributed by atoms with E-state index in [1.54, 1.807) is 11.1 Å². The number of pyridine rings is 1. The molecule has 0 saturated heterocycles. The third-order valence-electron chi connectivity index (χ3n) is 3.63. The Morgan fingerprint density at radius 3 is 2.70 bits per heavy atom. The van der Waals surface area contributed by atoms with E-state index in [1.807, 2.05) is 50.4 Å². The highest BCUT2D eigenvalue weighted by molar-refractivity contribution is 5.99. The minimum atomic E-state index is 0.0350. The second-order valence-corrected chi connectivity index (χ2v) is 6.15. The SMILES string of the molecule is Cc1ccc(NC(C)C)c(C(=O)N(C)CCc2ccccn2)c1. The number of nitrogens with one attached hydrogen (secondary N) is 1. The minimum absolute atomic E-state index is 0.0350. The zero-order valence-corrected chi connectivity index (χ0v) is 14.3. The molecule has 1 heterocycles. The van der Waals surface area contributed by atoms with Crippen molar-refractivity contribution in [2.75, 3.05) is 18.9 Å². The number of rotatable bonds is 6. The van der Waals surface area contributed by atoms with E-state index < -0.39 is 0 Å². The molecule has 4 nitrogen and oxygen atoms in total. The largest absolute Gasteiger partial charge is 0.382 e. The van der Waals surface area contributed by atoms with E-state index in [1.165, 1.54) is 0 Å². The van der Waals surface area contributed by atoms with Gasteiger partial charge in [-0.2, -0.15) is 0 Å². The summed E-state index contributed by atoms with van der Waals surface area (Å²) in [7, 11) is 1.84. The molecule has 0 spiro atoms. The van der Waals surface area contributed by atoms with Crippen molar-refractivity contribution in [2.45, 2.75) is 33.2 Å². The molecular formula is C19H25N3O. The number of hydrogen-bond donors (Lipinski definition) is 1. The van der Waals surface area contributed by atoms with Crippen LogP contribution in [0.2, 0.25) is 0 Å². The Balaban J connectivity index is 2.10. The number of carbonyl (C=O) groups is 1. The van der Waals surface area contributed by atoms with Gasteiger partial charge in [-0.1, -0.05) is 17.7 Å². The van der Waals surface area contributed by atoms with Crippen LogP contribution < -0.4 is 5.32 Å². The van der Waals surface area contributed by atoms with Gasteiger partial charge in [-0.3, -0.25) is 9.78 Å². The second kappa shape index (κ2) is 7.77. The summed E-state index contributed by atoms with van der Waals surface area (Å²) in [6.45, 7) is 6.78. The maximum absolute atomic E-state index is 12.8. The van der Waals surface area contributed by atoms with Crippen molar-refractivity contribution in [3.63, 3.8) is 0 Å². The molecule has 122 valence electrons. The first kappa shape index (κ1) is 17.0. The minimum Gasteiger partial charge on any atom is -0.382 e. The van der Waals surface area contributed by atoms with Crippen molar-refractivity contribution in [1.29, 1.82) is 0 Å². The molecule has 0 bridgehead atoms. The number of aryl methyl sites for hydroxylation is 1. The van der Waals surface area contributed by atoms with Crippen LogP contribution in [0, 0.1) is 6.92 Å². The number of nitrogens with zero attached hydrogens (tertiary/aromatic N) is 2. The summed E-state index contributed by atoms with van der Waals surface area (Å²) in [6, 6.07) is 12.1. The van der Waals surface area contributed by atoms with Gasteiger partial charge in [0.15, 0.2) is 0 Å². The smallest absolute Gasteiger partial charge is 0.255 e. The molecule has 2 rings (SSSR count). The van der Waals surface area contributed by atoms with E-state index >= 15 is 0 Å². The lowest BCUT2D eigenvalue weighted by Gasteiger charge is -2.21. The van der Waals surface area contributed by atoms with Gasteiger partial charge in [0, 0.05) is 43.6 Å². The Hall–Kier alpha value is -2.36. The molecule has 0 aliphatic heterocycles. The molecule has 1 N–H and O–H groups in total. The molecule has 2 aromatic rings. The lowest BCUT2D eigenvalue weighted by molar-refractivity contribution is 0.0797. The molecule has 0 unspecified atom stereocenters. The molecule has 1 aromatic heterocycles. The van der Waals surface area contributed by atoms with Crippen LogP contribution in [0.25, 0.3) is 0 Å². The Morgan fingerprint density at radius 2 is 2.04 bits per heavy atom. The standard InChI is InChI=1S/C19H25N3O/c1-14(2)21-18-9-8-15(3)13-17(18)19(23)22(4)12-10-16-7-5-6-11-20-16/h5-9,11,13-14,21H,10,12H2,1-4H3. The normalized spacial score (nSPS) is 10.7. The third kappa shape index (κ3) is 4.81. The zero-order valence-electron chi connectivity index (χ0n) is 14.3. The van der Waals surface area contributed by atoms with E-state index in [0.29, 0.717) is 6.54 Å². The number of carbonyl (C=O) groups excluding carboxylic acids is 1. The molecule has 1 amide bonds. The molecule has 0 aliphatic rings. The lowest BCUT2D eigenvalue weighted by Crippen LogP contribution is -2.30. The first-order valence-electron chi connectivity index (χ1n) is 8.00. The Bertz CT molecular complexity index is 653. The van der Waals surface area contributed by atoms with Crippen molar-refractivity contribution < 1.29 is 4.79 Å². The van der Waals surface area contributed by atoms with Crippen LogP contribution in [-0.4, -0.2) is 35.4 Å². The summed E-state index contributed by atoms with van der Waals surface area (Å²) in [5.74, 6) is 0.0350. The van der Waals surface area contributed by atoms with Gasteiger partial charge in [-0.25, -0.2) is 0 Å². The molecule has 0 aliphatic carbocycles. The van der Waals surface area contributed by atoms with Crippen LogP contribution in [0.1, 0.15) is 35.5 Å². The van der Waals surface area contributed by atoms with Gasteiger partial charge < -0.3 is 10.2 Å². The lowest BCUT2D eigenvalue weighted by atomic mass is 10.1. The highest BCUT2D eigenvalue weighted by Crippen LogP contribution is 2.20. The predicted molar refractivity (Wildman–Crippen MR) is 94.8 cm³/mol. The second-order valence-electron chi connectivity index (χ2n) is 6.15. The highest BCUT2D eigenvalue weighted by atomic mass is 16.2. The molecule has 1 aromatic carbocycles. The molecule has 0 radical (unpaired) electrons. The van der Waals surface area contributed by atoms with Crippen molar-refractivity contribution in [3.8, 4) is 0 Å². The summed E-state index contributed by atoms with van der Waals surface area (Å²) < 4.78 is 0. The van der Waals surface area contributed by atoms with Crippen LogP contribution >= 0.6 is 0 Å². The summed E-state index contributed by atoms with van der Waals surface area (Å²) in [6.07, 6.45) is 2.53. The molecule has 0 saturated carbocycles. The van der Waals surface area contributed by atoms with Crippen LogP contribution in [0.15, 0.2) is 42.6 Å². The first-order valence-corrected chi connectivity index (χ1v) is 8.00. The summed E-state index contributed by atoms with van der Waals surface area (Å²) in [5, 5.41) is 3.35. The Morgan fingerprint density at radius 1 is 1.26 bits per heavy atom. The fraction of sp³-hybridized carbons (Fsp3) is 0.368. The quantitative estimate of drug-likeness (QED) is 0.887. The maximum atomic E-state index is 12.8. The maximum Gasteiger partial charge on any atom is 0.255 e. The summed E-state index contributed by atoms with van der Waals surface area (Å²) in [5.41, 5.74) is 3.69. The predicted octanol–water partition coefficient (Wildman–Crippen LogP) is 3.53.